The van der Waals surface area contributed by atoms with E-state index in [9.17, 15) is 19.6 Å². The van der Waals surface area contributed by atoms with E-state index >= 15 is 0 Å². The zero-order valence-electron chi connectivity index (χ0n) is 13.6. The lowest BCUT2D eigenvalue weighted by molar-refractivity contribution is -0.137. The number of hydrogen-bond donors (Lipinski definition) is 2. The fourth-order valence-corrected chi connectivity index (χ4v) is 2.85. The second-order valence-corrected chi connectivity index (χ2v) is 6.61. The van der Waals surface area contributed by atoms with Crippen molar-refractivity contribution < 1.29 is 14.3 Å². The summed E-state index contributed by atoms with van der Waals surface area (Å²) in [5.41, 5.74) is 1.98. The van der Waals surface area contributed by atoms with Gasteiger partial charge in [-0.2, -0.15) is 5.26 Å². The molecule has 0 amide bonds. The van der Waals surface area contributed by atoms with Gasteiger partial charge in [-0.15, -0.1) is 0 Å². The first kappa shape index (κ1) is 17.8. The number of nitriles is 1. The number of pyridine rings is 1. The van der Waals surface area contributed by atoms with Gasteiger partial charge in [0.05, 0.1) is 16.9 Å². The molecule has 3 aromatic rings. The van der Waals surface area contributed by atoms with Crippen molar-refractivity contribution in [2.24, 2.45) is 0 Å². The highest BCUT2D eigenvalue weighted by Crippen LogP contribution is 2.34. The molecule has 1 atom stereocenters. The molecule has 0 spiro atoms. The maximum absolute atomic E-state index is 13.8. The topological polar surface area (TPSA) is 86.0 Å². The molecular formula is C19H13BrFN3O2. The third-order valence-corrected chi connectivity index (χ3v) is 4.44. The SMILES string of the molecule is CC(Nc1c(C#N)c(-c2ccc(Br)cc2)nc2ccc(F)cc12)C(=O)O. The molecule has 2 aromatic carbocycles. The minimum Gasteiger partial charge on any atom is -0.480 e. The molecule has 5 nitrogen and oxygen atoms in total. The van der Waals surface area contributed by atoms with Gasteiger partial charge in [0.1, 0.15) is 23.5 Å². The smallest absolute Gasteiger partial charge is 0.325 e. The monoisotopic (exact) mass is 413 g/mol. The maximum atomic E-state index is 13.8. The normalized spacial score (nSPS) is 11.8. The minimum atomic E-state index is -1.08. The Labute approximate surface area is 157 Å². The molecule has 130 valence electrons. The molecule has 3 rings (SSSR count). The van der Waals surface area contributed by atoms with Crippen LogP contribution in [0.3, 0.4) is 0 Å². The van der Waals surface area contributed by atoms with Crippen molar-refractivity contribution in [2.75, 3.05) is 5.32 Å². The number of halogens is 2. The molecule has 1 unspecified atom stereocenters. The number of nitrogens with one attached hydrogen (secondary N) is 1. The van der Waals surface area contributed by atoms with Crippen LogP contribution in [0.2, 0.25) is 0 Å². The molecule has 0 saturated heterocycles. The first-order valence-electron chi connectivity index (χ1n) is 7.69. The zero-order valence-corrected chi connectivity index (χ0v) is 15.2. The molecule has 0 aliphatic carbocycles. The van der Waals surface area contributed by atoms with Crippen molar-refractivity contribution in [2.45, 2.75) is 13.0 Å². The lowest BCUT2D eigenvalue weighted by atomic mass is 10.0. The van der Waals surface area contributed by atoms with Crippen molar-refractivity contribution in [3.63, 3.8) is 0 Å². The highest BCUT2D eigenvalue weighted by molar-refractivity contribution is 9.10. The van der Waals surface area contributed by atoms with E-state index in [1.807, 2.05) is 12.1 Å². The summed E-state index contributed by atoms with van der Waals surface area (Å²) in [4.78, 5) is 15.8. The fraction of sp³-hybridized carbons (Fsp3) is 0.105. The number of benzene rings is 2. The van der Waals surface area contributed by atoms with Crippen molar-refractivity contribution in [3.05, 3.63) is 58.3 Å². The van der Waals surface area contributed by atoms with Crippen molar-refractivity contribution >= 4 is 38.5 Å². The zero-order chi connectivity index (χ0) is 18.8. The number of carboxylic acids is 1. The number of hydrogen-bond acceptors (Lipinski definition) is 4. The number of rotatable bonds is 4. The van der Waals surface area contributed by atoms with E-state index in [1.54, 1.807) is 12.1 Å². The Kier molecular flexibility index (Phi) is 4.87. The molecule has 1 aromatic heterocycles. The van der Waals surface area contributed by atoms with Gasteiger partial charge in [-0.1, -0.05) is 28.1 Å². The number of carbonyl (C=O) groups is 1. The van der Waals surface area contributed by atoms with Gasteiger partial charge >= 0.3 is 5.97 Å². The van der Waals surface area contributed by atoms with Crippen LogP contribution < -0.4 is 5.32 Å². The van der Waals surface area contributed by atoms with Gasteiger partial charge in [-0.25, -0.2) is 9.37 Å². The van der Waals surface area contributed by atoms with Crippen molar-refractivity contribution in [1.82, 2.24) is 4.98 Å². The molecule has 7 heteroatoms. The molecule has 1 heterocycles. The number of nitrogens with zero attached hydrogens (tertiary/aromatic N) is 2. The Morgan fingerprint density at radius 1 is 1.31 bits per heavy atom. The quantitative estimate of drug-likeness (QED) is 0.654. The van der Waals surface area contributed by atoms with E-state index in [-0.39, 0.29) is 11.3 Å². The number of fused-ring (bicyclic) bond motifs is 1. The van der Waals surface area contributed by atoms with Gasteiger partial charge in [0.25, 0.3) is 0 Å². The summed E-state index contributed by atoms with van der Waals surface area (Å²) in [5.74, 6) is -1.58. The number of carboxylic acid groups (broad SMARTS) is 1. The van der Waals surface area contributed by atoms with Crippen LogP contribution in [0.1, 0.15) is 12.5 Å². The van der Waals surface area contributed by atoms with Crippen LogP contribution in [-0.2, 0) is 4.79 Å². The highest BCUT2D eigenvalue weighted by atomic mass is 79.9. The second-order valence-electron chi connectivity index (χ2n) is 5.69. The third kappa shape index (κ3) is 3.37. The maximum Gasteiger partial charge on any atom is 0.325 e. The van der Waals surface area contributed by atoms with E-state index in [4.69, 9.17) is 0 Å². The van der Waals surface area contributed by atoms with Gasteiger partial charge in [0, 0.05) is 15.4 Å². The summed E-state index contributed by atoms with van der Waals surface area (Å²) in [6, 6.07) is 12.4. The average Bonchev–Trinajstić information content (AvgIpc) is 2.62. The molecule has 2 N–H and O–H groups in total. The van der Waals surface area contributed by atoms with Crippen LogP contribution >= 0.6 is 15.9 Å². The minimum absolute atomic E-state index is 0.165. The van der Waals surface area contributed by atoms with Crippen LogP contribution in [0.15, 0.2) is 46.9 Å². The van der Waals surface area contributed by atoms with E-state index < -0.39 is 17.8 Å². The molecule has 0 fully saturated rings. The van der Waals surface area contributed by atoms with E-state index in [0.717, 1.165) is 4.47 Å². The Hall–Kier alpha value is -2.98. The number of anilines is 1. The lowest BCUT2D eigenvalue weighted by Crippen LogP contribution is -2.26. The predicted octanol–water partition coefficient (Wildman–Crippen LogP) is 4.56. The molecule has 0 aliphatic heterocycles. The molecule has 0 bridgehead atoms. The molecular weight excluding hydrogens is 401 g/mol. The first-order valence-corrected chi connectivity index (χ1v) is 8.48. The van der Waals surface area contributed by atoms with Gasteiger partial charge < -0.3 is 10.4 Å². The van der Waals surface area contributed by atoms with E-state index in [2.05, 4.69) is 32.3 Å². The third-order valence-electron chi connectivity index (χ3n) is 3.91. The van der Waals surface area contributed by atoms with Crippen LogP contribution in [-0.4, -0.2) is 22.1 Å². The molecule has 0 aliphatic rings. The summed E-state index contributed by atoms with van der Waals surface area (Å²) in [5, 5.41) is 22.1. The standard InChI is InChI=1S/C19H13BrFN3O2/c1-10(19(25)26)23-18-14-8-13(21)6-7-16(14)24-17(15(18)9-22)11-2-4-12(20)5-3-11/h2-8,10H,1H3,(H,23,24)(H,25,26). The lowest BCUT2D eigenvalue weighted by Gasteiger charge is -2.17. The largest absolute Gasteiger partial charge is 0.480 e. The van der Waals surface area contributed by atoms with Gasteiger partial charge in [0.2, 0.25) is 0 Å². The van der Waals surface area contributed by atoms with E-state index in [1.165, 1.54) is 25.1 Å². The fourth-order valence-electron chi connectivity index (χ4n) is 2.59. The highest BCUT2D eigenvalue weighted by Gasteiger charge is 2.20. The molecule has 26 heavy (non-hydrogen) atoms. The van der Waals surface area contributed by atoms with Crippen LogP contribution in [0.4, 0.5) is 10.1 Å². The van der Waals surface area contributed by atoms with Gasteiger partial charge in [-0.05, 0) is 37.3 Å². The Bertz CT molecular complexity index is 1050. The number of aliphatic carboxylic acids is 1. The second kappa shape index (κ2) is 7.10. The summed E-state index contributed by atoms with van der Waals surface area (Å²) >= 11 is 3.36. The summed E-state index contributed by atoms with van der Waals surface area (Å²) in [6.07, 6.45) is 0. The Morgan fingerprint density at radius 3 is 2.62 bits per heavy atom. The van der Waals surface area contributed by atoms with Crippen molar-refractivity contribution in [3.8, 4) is 17.3 Å². The predicted molar refractivity (Wildman–Crippen MR) is 100 cm³/mol. The Balaban J connectivity index is 2.32. The molecule has 0 radical (unpaired) electrons. The molecule has 0 saturated carbocycles. The number of aromatic nitrogens is 1. The van der Waals surface area contributed by atoms with Gasteiger partial charge in [0.15, 0.2) is 0 Å². The summed E-state index contributed by atoms with van der Waals surface area (Å²) < 4.78 is 14.6. The van der Waals surface area contributed by atoms with Crippen LogP contribution in [0, 0.1) is 17.1 Å². The summed E-state index contributed by atoms with van der Waals surface area (Å²) in [7, 11) is 0. The van der Waals surface area contributed by atoms with E-state index in [0.29, 0.717) is 22.2 Å². The Morgan fingerprint density at radius 2 is 2.00 bits per heavy atom. The first-order chi connectivity index (χ1) is 12.4. The van der Waals surface area contributed by atoms with Gasteiger partial charge in [-0.3, -0.25) is 4.79 Å². The summed E-state index contributed by atoms with van der Waals surface area (Å²) in [6.45, 7) is 1.45. The average molecular weight is 414 g/mol. The van der Waals surface area contributed by atoms with Crippen molar-refractivity contribution in [1.29, 1.82) is 5.26 Å². The van der Waals surface area contributed by atoms with Crippen LogP contribution in [0.25, 0.3) is 22.2 Å². The van der Waals surface area contributed by atoms with Crippen LogP contribution in [0.5, 0.6) is 0 Å².